The SMILES string of the molecule is FC(F)(F)c1cccnc1Nc1nccc(C2CCN(C3CCOCC3)CC2)n1. The van der Waals surface area contributed by atoms with Gasteiger partial charge in [-0.15, -0.1) is 0 Å². The van der Waals surface area contributed by atoms with Crippen LogP contribution in [-0.2, 0) is 10.9 Å². The summed E-state index contributed by atoms with van der Waals surface area (Å²) in [6.45, 7) is 3.67. The van der Waals surface area contributed by atoms with Gasteiger partial charge in [0.15, 0.2) is 0 Å². The highest BCUT2D eigenvalue weighted by Gasteiger charge is 2.34. The Kier molecular flexibility index (Phi) is 5.96. The van der Waals surface area contributed by atoms with Gasteiger partial charge in [0.1, 0.15) is 5.82 Å². The minimum absolute atomic E-state index is 0.138. The highest BCUT2D eigenvalue weighted by atomic mass is 19.4. The van der Waals surface area contributed by atoms with Gasteiger partial charge in [0.2, 0.25) is 5.95 Å². The van der Waals surface area contributed by atoms with Crippen LogP contribution in [0.3, 0.4) is 0 Å². The monoisotopic (exact) mass is 407 g/mol. The van der Waals surface area contributed by atoms with E-state index in [1.807, 2.05) is 6.07 Å². The molecule has 2 saturated heterocycles. The summed E-state index contributed by atoms with van der Waals surface area (Å²) in [5.41, 5.74) is 0.0254. The molecule has 2 aliphatic rings. The Bertz CT molecular complexity index is 818. The molecule has 156 valence electrons. The number of alkyl halides is 3. The van der Waals surface area contributed by atoms with Crippen molar-refractivity contribution in [2.45, 2.75) is 43.8 Å². The first-order valence-electron chi connectivity index (χ1n) is 9.94. The van der Waals surface area contributed by atoms with E-state index in [1.165, 1.54) is 12.3 Å². The molecule has 2 aromatic rings. The average molecular weight is 407 g/mol. The third kappa shape index (κ3) is 4.84. The van der Waals surface area contributed by atoms with Crippen LogP contribution in [0.5, 0.6) is 0 Å². The molecule has 0 atom stereocenters. The predicted octanol–water partition coefficient (Wildman–Crippen LogP) is 3.99. The van der Waals surface area contributed by atoms with Crippen LogP contribution in [0, 0.1) is 0 Å². The van der Waals surface area contributed by atoms with Crippen molar-refractivity contribution in [2.24, 2.45) is 0 Å². The summed E-state index contributed by atoms with van der Waals surface area (Å²) in [4.78, 5) is 14.9. The van der Waals surface area contributed by atoms with E-state index >= 15 is 0 Å². The number of ether oxygens (including phenoxy) is 1. The van der Waals surface area contributed by atoms with Crippen molar-refractivity contribution >= 4 is 11.8 Å². The maximum Gasteiger partial charge on any atom is 0.419 e. The number of anilines is 2. The molecule has 0 spiro atoms. The summed E-state index contributed by atoms with van der Waals surface area (Å²) in [5, 5.41) is 2.64. The van der Waals surface area contributed by atoms with Gasteiger partial charge < -0.3 is 15.0 Å². The Morgan fingerprint density at radius 1 is 1.00 bits per heavy atom. The maximum atomic E-state index is 13.2. The number of hydrogen-bond acceptors (Lipinski definition) is 6. The Balaban J connectivity index is 1.42. The van der Waals surface area contributed by atoms with Gasteiger partial charge in [-0.1, -0.05) is 0 Å². The lowest BCUT2D eigenvalue weighted by atomic mass is 9.91. The number of piperidine rings is 1. The number of halogens is 3. The molecule has 2 aromatic heterocycles. The summed E-state index contributed by atoms with van der Waals surface area (Å²) in [5.74, 6) is 0.130. The molecule has 0 bridgehead atoms. The van der Waals surface area contributed by atoms with Crippen molar-refractivity contribution < 1.29 is 17.9 Å². The lowest BCUT2D eigenvalue weighted by molar-refractivity contribution is -0.137. The van der Waals surface area contributed by atoms with Gasteiger partial charge in [0.05, 0.1) is 5.56 Å². The lowest BCUT2D eigenvalue weighted by Gasteiger charge is -2.39. The predicted molar refractivity (Wildman–Crippen MR) is 102 cm³/mol. The molecule has 0 aromatic carbocycles. The van der Waals surface area contributed by atoms with Crippen LogP contribution in [-0.4, -0.2) is 52.2 Å². The molecule has 0 unspecified atom stereocenters. The van der Waals surface area contributed by atoms with Gasteiger partial charge in [0.25, 0.3) is 0 Å². The number of likely N-dealkylation sites (tertiary alicyclic amines) is 1. The number of nitrogens with zero attached hydrogens (tertiary/aromatic N) is 4. The molecule has 29 heavy (non-hydrogen) atoms. The zero-order chi connectivity index (χ0) is 20.3. The molecule has 2 fully saturated rings. The first kappa shape index (κ1) is 20.0. The molecule has 1 N–H and O–H groups in total. The summed E-state index contributed by atoms with van der Waals surface area (Å²) in [7, 11) is 0. The maximum absolute atomic E-state index is 13.2. The van der Waals surface area contributed by atoms with E-state index in [0.717, 1.165) is 63.7 Å². The van der Waals surface area contributed by atoms with Gasteiger partial charge in [-0.25, -0.2) is 15.0 Å². The van der Waals surface area contributed by atoms with Crippen molar-refractivity contribution in [2.75, 3.05) is 31.6 Å². The molecule has 0 amide bonds. The number of pyridine rings is 1. The second-order valence-electron chi connectivity index (χ2n) is 7.48. The van der Waals surface area contributed by atoms with Crippen molar-refractivity contribution in [1.29, 1.82) is 0 Å². The van der Waals surface area contributed by atoms with E-state index in [-0.39, 0.29) is 17.7 Å². The molecule has 4 heterocycles. The smallest absolute Gasteiger partial charge is 0.381 e. The average Bonchev–Trinajstić information content (AvgIpc) is 2.74. The van der Waals surface area contributed by atoms with Crippen molar-refractivity contribution in [3.05, 3.63) is 41.9 Å². The normalized spacial score (nSPS) is 20.0. The molecular weight excluding hydrogens is 383 g/mol. The lowest BCUT2D eigenvalue weighted by Crippen LogP contribution is -2.43. The number of hydrogen-bond donors (Lipinski definition) is 1. The minimum atomic E-state index is -4.49. The number of nitrogens with one attached hydrogen (secondary N) is 1. The Morgan fingerprint density at radius 3 is 2.48 bits per heavy atom. The van der Waals surface area contributed by atoms with Crippen LogP contribution in [0.1, 0.15) is 42.9 Å². The van der Waals surface area contributed by atoms with Crippen molar-refractivity contribution in [3.63, 3.8) is 0 Å². The molecule has 2 aliphatic heterocycles. The summed E-state index contributed by atoms with van der Waals surface area (Å²) in [6.07, 6.45) is 2.52. The third-order valence-corrected chi connectivity index (χ3v) is 5.68. The number of aromatic nitrogens is 3. The fourth-order valence-corrected chi connectivity index (χ4v) is 4.11. The van der Waals surface area contributed by atoms with E-state index < -0.39 is 11.7 Å². The Labute approximate surface area is 167 Å². The van der Waals surface area contributed by atoms with Gasteiger partial charge in [-0.05, 0) is 57.0 Å². The van der Waals surface area contributed by atoms with Crippen molar-refractivity contribution in [3.8, 4) is 0 Å². The van der Waals surface area contributed by atoms with E-state index in [2.05, 4.69) is 25.2 Å². The van der Waals surface area contributed by atoms with Gasteiger partial charge >= 0.3 is 6.18 Å². The number of rotatable bonds is 4. The summed E-state index contributed by atoms with van der Waals surface area (Å²) >= 11 is 0. The minimum Gasteiger partial charge on any atom is -0.381 e. The van der Waals surface area contributed by atoms with Crippen LogP contribution in [0.15, 0.2) is 30.6 Å². The first-order valence-corrected chi connectivity index (χ1v) is 9.94. The molecule has 6 nitrogen and oxygen atoms in total. The van der Waals surface area contributed by atoms with Crippen LogP contribution in [0.4, 0.5) is 24.9 Å². The molecule has 0 saturated carbocycles. The molecule has 4 rings (SSSR count). The van der Waals surface area contributed by atoms with Gasteiger partial charge in [-0.3, -0.25) is 0 Å². The van der Waals surface area contributed by atoms with E-state index in [0.29, 0.717) is 6.04 Å². The zero-order valence-corrected chi connectivity index (χ0v) is 16.0. The van der Waals surface area contributed by atoms with Crippen LogP contribution in [0.25, 0.3) is 0 Å². The first-order chi connectivity index (χ1) is 14.0. The van der Waals surface area contributed by atoms with Crippen LogP contribution in [0.2, 0.25) is 0 Å². The summed E-state index contributed by atoms with van der Waals surface area (Å²) < 4.78 is 45.0. The zero-order valence-electron chi connectivity index (χ0n) is 16.0. The fraction of sp³-hybridized carbons (Fsp3) is 0.550. The van der Waals surface area contributed by atoms with Crippen LogP contribution >= 0.6 is 0 Å². The topological polar surface area (TPSA) is 63.2 Å². The largest absolute Gasteiger partial charge is 0.419 e. The van der Waals surface area contributed by atoms with Gasteiger partial charge in [0, 0.05) is 43.3 Å². The third-order valence-electron chi connectivity index (χ3n) is 5.68. The quantitative estimate of drug-likeness (QED) is 0.827. The standard InChI is InChI=1S/C20H24F3N5O/c21-20(22,23)16-2-1-8-24-18(16)27-19-25-9-3-17(26-19)14-4-10-28(11-5-14)15-6-12-29-13-7-15/h1-3,8-9,14-15H,4-7,10-13H2,(H,24,25,26,27). The highest BCUT2D eigenvalue weighted by molar-refractivity contribution is 5.54. The van der Waals surface area contributed by atoms with Crippen molar-refractivity contribution in [1.82, 2.24) is 19.9 Å². The Hall–Kier alpha value is -2.26. The summed E-state index contributed by atoms with van der Waals surface area (Å²) in [6, 6.07) is 4.70. The fourth-order valence-electron chi connectivity index (χ4n) is 4.11. The molecule has 0 aliphatic carbocycles. The van der Waals surface area contributed by atoms with E-state index in [1.54, 1.807) is 6.20 Å². The molecular formula is C20H24F3N5O. The highest BCUT2D eigenvalue weighted by Crippen LogP contribution is 2.34. The van der Waals surface area contributed by atoms with Crippen LogP contribution < -0.4 is 5.32 Å². The van der Waals surface area contributed by atoms with E-state index in [4.69, 9.17) is 4.74 Å². The second-order valence-corrected chi connectivity index (χ2v) is 7.48. The van der Waals surface area contributed by atoms with Gasteiger partial charge in [-0.2, -0.15) is 13.2 Å². The molecule has 0 radical (unpaired) electrons. The molecule has 9 heteroatoms. The van der Waals surface area contributed by atoms with E-state index in [9.17, 15) is 13.2 Å². The Morgan fingerprint density at radius 2 is 1.76 bits per heavy atom. The second kappa shape index (κ2) is 8.62.